The van der Waals surface area contributed by atoms with E-state index in [1.807, 2.05) is 26.0 Å². The molecule has 0 saturated carbocycles. The summed E-state index contributed by atoms with van der Waals surface area (Å²) < 4.78 is 0. The van der Waals surface area contributed by atoms with Crippen LogP contribution in [0.15, 0.2) is 30.5 Å². The highest BCUT2D eigenvalue weighted by Gasteiger charge is 2.07. The highest BCUT2D eigenvalue weighted by molar-refractivity contribution is 5.72. The second-order valence-corrected chi connectivity index (χ2v) is 3.90. The molecule has 0 aliphatic heterocycles. The van der Waals surface area contributed by atoms with Crippen molar-refractivity contribution < 1.29 is 5.11 Å². The minimum Gasteiger partial charge on any atom is -0.508 e. The number of pyridine rings is 1. The number of hydrogen-bond acceptors (Lipinski definition) is 3. The highest BCUT2D eigenvalue weighted by Crippen LogP contribution is 2.29. The van der Waals surface area contributed by atoms with Gasteiger partial charge in [0.2, 0.25) is 0 Å². The molecule has 0 saturated heterocycles. The molecule has 0 unspecified atom stereocenters. The van der Waals surface area contributed by atoms with Gasteiger partial charge in [0.1, 0.15) is 5.75 Å². The molecule has 0 bridgehead atoms. The van der Waals surface area contributed by atoms with Crippen molar-refractivity contribution in [3.8, 4) is 16.9 Å². The van der Waals surface area contributed by atoms with Gasteiger partial charge < -0.3 is 10.8 Å². The Kier molecular flexibility index (Phi) is 2.52. The summed E-state index contributed by atoms with van der Waals surface area (Å²) in [5, 5.41) is 9.37. The number of aromatic nitrogens is 1. The van der Waals surface area contributed by atoms with Crippen molar-refractivity contribution in [2.24, 2.45) is 0 Å². The van der Waals surface area contributed by atoms with Gasteiger partial charge >= 0.3 is 0 Å². The maximum atomic E-state index is 9.37. The van der Waals surface area contributed by atoms with E-state index < -0.39 is 0 Å². The van der Waals surface area contributed by atoms with Gasteiger partial charge in [-0.2, -0.15) is 0 Å². The smallest absolute Gasteiger partial charge is 0.115 e. The molecule has 1 aromatic heterocycles. The lowest BCUT2D eigenvalue weighted by atomic mass is 9.99. The standard InChI is InChI=1S/C13H14N2O/c1-8-5-11(16)3-4-12(8)13-6-10(14)7-15-9(13)2/h3-7,16H,14H2,1-2H3. The second kappa shape index (κ2) is 3.85. The van der Waals surface area contributed by atoms with Crippen LogP contribution in [0.2, 0.25) is 0 Å². The van der Waals surface area contributed by atoms with Crippen LogP contribution < -0.4 is 5.73 Å². The molecule has 0 aliphatic rings. The topological polar surface area (TPSA) is 59.1 Å². The number of nitrogens with two attached hydrogens (primary N) is 1. The summed E-state index contributed by atoms with van der Waals surface area (Å²) in [5.41, 5.74) is 10.4. The number of hydrogen-bond donors (Lipinski definition) is 2. The Morgan fingerprint density at radius 3 is 2.56 bits per heavy atom. The number of phenols is 1. The van der Waals surface area contributed by atoms with Crippen molar-refractivity contribution >= 4 is 5.69 Å². The zero-order chi connectivity index (χ0) is 11.7. The predicted octanol–water partition coefficient (Wildman–Crippen LogP) is 2.65. The number of rotatable bonds is 1. The largest absolute Gasteiger partial charge is 0.508 e. The zero-order valence-electron chi connectivity index (χ0n) is 9.36. The molecule has 0 spiro atoms. The molecule has 0 radical (unpaired) electrons. The average molecular weight is 214 g/mol. The van der Waals surface area contributed by atoms with Crippen molar-refractivity contribution in [2.75, 3.05) is 5.73 Å². The molecule has 2 aromatic rings. The van der Waals surface area contributed by atoms with Crippen LogP contribution in [0.3, 0.4) is 0 Å². The third-order valence-corrected chi connectivity index (χ3v) is 2.61. The van der Waals surface area contributed by atoms with Gasteiger partial charge in [0.25, 0.3) is 0 Å². The zero-order valence-corrected chi connectivity index (χ0v) is 9.36. The minimum atomic E-state index is 0.274. The summed E-state index contributed by atoms with van der Waals surface area (Å²) >= 11 is 0. The molecule has 0 atom stereocenters. The lowest BCUT2D eigenvalue weighted by molar-refractivity contribution is 0.475. The van der Waals surface area contributed by atoms with E-state index in [-0.39, 0.29) is 5.75 Å². The lowest BCUT2D eigenvalue weighted by Gasteiger charge is -2.09. The van der Waals surface area contributed by atoms with Crippen LogP contribution in [-0.2, 0) is 0 Å². The Morgan fingerprint density at radius 2 is 1.88 bits per heavy atom. The van der Waals surface area contributed by atoms with Gasteiger partial charge in [-0.15, -0.1) is 0 Å². The molecule has 1 heterocycles. The van der Waals surface area contributed by atoms with Crippen LogP contribution >= 0.6 is 0 Å². The maximum Gasteiger partial charge on any atom is 0.115 e. The van der Waals surface area contributed by atoms with Gasteiger partial charge in [0.05, 0.1) is 11.9 Å². The first-order chi connectivity index (χ1) is 7.58. The maximum absolute atomic E-state index is 9.37. The van der Waals surface area contributed by atoms with Crippen molar-refractivity contribution in [3.63, 3.8) is 0 Å². The average Bonchev–Trinajstić information content (AvgIpc) is 2.22. The van der Waals surface area contributed by atoms with Gasteiger partial charge in [-0.05, 0) is 43.2 Å². The molecular formula is C13H14N2O. The number of nitrogens with zero attached hydrogens (tertiary/aromatic N) is 1. The molecule has 3 nitrogen and oxygen atoms in total. The molecule has 1 aromatic carbocycles. The van der Waals surface area contributed by atoms with Crippen molar-refractivity contribution in [3.05, 3.63) is 41.7 Å². The molecule has 2 rings (SSSR count). The fourth-order valence-electron chi connectivity index (χ4n) is 1.77. The molecule has 3 heteroatoms. The fourth-order valence-corrected chi connectivity index (χ4v) is 1.77. The number of aromatic hydroxyl groups is 1. The highest BCUT2D eigenvalue weighted by atomic mass is 16.3. The number of nitrogen functional groups attached to an aromatic ring is 1. The van der Waals surface area contributed by atoms with Gasteiger partial charge in [0, 0.05) is 11.3 Å². The number of anilines is 1. The molecule has 0 aliphatic carbocycles. The van der Waals surface area contributed by atoms with Gasteiger partial charge in [-0.3, -0.25) is 4.98 Å². The minimum absolute atomic E-state index is 0.274. The summed E-state index contributed by atoms with van der Waals surface area (Å²) in [7, 11) is 0. The van der Waals surface area contributed by atoms with Gasteiger partial charge in [0.15, 0.2) is 0 Å². The Bertz CT molecular complexity index is 535. The van der Waals surface area contributed by atoms with Crippen molar-refractivity contribution in [1.82, 2.24) is 4.98 Å². The van der Waals surface area contributed by atoms with E-state index in [1.54, 1.807) is 18.3 Å². The first-order valence-corrected chi connectivity index (χ1v) is 5.10. The van der Waals surface area contributed by atoms with E-state index in [9.17, 15) is 5.11 Å². The SMILES string of the molecule is Cc1cc(O)ccc1-c1cc(N)cnc1C. The van der Waals surface area contributed by atoms with E-state index >= 15 is 0 Å². The van der Waals surface area contributed by atoms with Crippen LogP contribution in [0.5, 0.6) is 5.75 Å². The normalized spacial score (nSPS) is 10.4. The first-order valence-electron chi connectivity index (χ1n) is 5.10. The summed E-state index contributed by atoms with van der Waals surface area (Å²) in [5.74, 6) is 0.274. The van der Waals surface area contributed by atoms with E-state index in [2.05, 4.69) is 4.98 Å². The Morgan fingerprint density at radius 1 is 1.12 bits per heavy atom. The summed E-state index contributed by atoms with van der Waals surface area (Å²) in [6, 6.07) is 7.19. The molecule has 82 valence electrons. The Hall–Kier alpha value is -2.03. The summed E-state index contributed by atoms with van der Waals surface area (Å²) in [6.07, 6.45) is 1.65. The molecular weight excluding hydrogens is 200 g/mol. The number of aryl methyl sites for hydroxylation is 2. The third-order valence-electron chi connectivity index (χ3n) is 2.61. The second-order valence-electron chi connectivity index (χ2n) is 3.90. The van der Waals surface area contributed by atoms with E-state index in [4.69, 9.17) is 5.73 Å². The Balaban J connectivity index is 2.62. The molecule has 3 N–H and O–H groups in total. The quantitative estimate of drug-likeness (QED) is 0.767. The summed E-state index contributed by atoms with van der Waals surface area (Å²) in [6.45, 7) is 3.90. The van der Waals surface area contributed by atoms with Crippen LogP contribution in [0.1, 0.15) is 11.3 Å². The lowest BCUT2D eigenvalue weighted by Crippen LogP contribution is -1.93. The van der Waals surface area contributed by atoms with Crippen LogP contribution in [0.25, 0.3) is 11.1 Å². The third kappa shape index (κ3) is 1.84. The monoisotopic (exact) mass is 214 g/mol. The molecule has 0 fully saturated rings. The number of phenolic OH excluding ortho intramolecular Hbond substituents is 1. The molecule has 16 heavy (non-hydrogen) atoms. The van der Waals surface area contributed by atoms with Crippen molar-refractivity contribution in [2.45, 2.75) is 13.8 Å². The first kappa shape index (κ1) is 10.5. The van der Waals surface area contributed by atoms with Crippen LogP contribution in [-0.4, -0.2) is 10.1 Å². The summed E-state index contributed by atoms with van der Waals surface area (Å²) in [4.78, 5) is 4.23. The van der Waals surface area contributed by atoms with E-state index in [0.29, 0.717) is 5.69 Å². The van der Waals surface area contributed by atoms with Crippen LogP contribution in [0, 0.1) is 13.8 Å². The van der Waals surface area contributed by atoms with Gasteiger partial charge in [-0.1, -0.05) is 6.07 Å². The number of benzene rings is 1. The van der Waals surface area contributed by atoms with E-state index in [0.717, 1.165) is 22.4 Å². The van der Waals surface area contributed by atoms with Crippen molar-refractivity contribution in [1.29, 1.82) is 0 Å². The predicted molar refractivity (Wildman–Crippen MR) is 65.2 cm³/mol. The fraction of sp³-hybridized carbons (Fsp3) is 0.154. The van der Waals surface area contributed by atoms with Crippen LogP contribution in [0.4, 0.5) is 5.69 Å². The Labute approximate surface area is 94.6 Å². The molecule has 0 amide bonds. The van der Waals surface area contributed by atoms with Gasteiger partial charge in [-0.25, -0.2) is 0 Å². The van der Waals surface area contributed by atoms with E-state index in [1.165, 1.54) is 0 Å².